The monoisotopic (exact) mass is 286 g/mol. The molecule has 1 aliphatic heterocycles. The molecule has 5 heteroatoms. The van der Waals surface area contributed by atoms with Crippen LogP contribution in [-0.2, 0) is 10.6 Å². The number of aliphatic hydroxyl groups is 2. The molecule has 0 radical (unpaired) electrons. The zero-order valence-corrected chi connectivity index (χ0v) is 11.3. The second kappa shape index (κ2) is 4.87. The molecule has 3 rings (SSSR count). The van der Waals surface area contributed by atoms with Gasteiger partial charge >= 0.3 is 0 Å². The lowest BCUT2D eigenvalue weighted by molar-refractivity contribution is -0.191. The Morgan fingerprint density at radius 2 is 1.95 bits per heavy atom. The van der Waals surface area contributed by atoms with Gasteiger partial charge < -0.3 is 19.7 Å². The molecule has 5 nitrogen and oxygen atoms in total. The molecule has 108 valence electrons. The number of carbonyl (C=O) groups excluding carboxylic acids is 1. The molecule has 2 unspecified atom stereocenters. The zero-order valence-electron chi connectivity index (χ0n) is 11.3. The maximum Gasteiger partial charge on any atom is 0.298 e. The average molecular weight is 286 g/mol. The van der Waals surface area contributed by atoms with Crippen LogP contribution in [0.4, 0.5) is 0 Å². The summed E-state index contributed by atoms with van der Waals surface area (Å²) >= 11 is 0. The van der Waals surface area contributed by atoms with Gasteiger partial charge in [0.05, 0.1) is 7.11 Å². The van der Waals surface area contributed by atoms with Gasteiger partial charge in [0.25, 0.3) is 5.79 Å². The fraction of sp³-hybridized carbons (Fsp3) is 0.188. The molecule has 0 aliphatic carbocycles. The summed E-state index contributed by atoms with van der Waals surface area (Å²) in [6, 6.07) is 12.9. The molecule has 1 aliphatic rings. The van der Waals surface area contributed by atoms with Crippen LogP contribution in [0.15, 0.2) is 48.5 Å². The zero-order chi connectivity index (χ0) is 15.0. The Labute approximate surface area is 121 Å². The van der Waals surface area contributed by atoms with Gasteiger partial charge in [-0.25, -0.2) is 0 Å². The van der Waals surface area contributed by atoms with Crippen LogP contribution in [0, 0.1) is 0 Å². The maximum absolute atomic E-state index is 12.3. The number of ketones is 1. The van der Waals surface area contributed by atoms with Gasteiger partial charge in [-0.3, -0.25) is 4.79 Å². The third kappa shape index (κ3) is 2.07. The van der Waals surface area contributed by atoms with Crippen molar-refractivity contribution in [1.29, 1.82) is 0 Å². The second-order valence-corrected chi connectivity index (χ2v) is 4.78. The predicted molar refractivity (Wildman–Crippen MR) is 73.9 cm³/mol. The molecule has 2 N–H and O–H groups in total. The Kier molecular flexibility index (Phi) is 3.16. The number of fused-ring (bicyclic) bond motifs is 1. The summed E-state index contributed by atoms with van der Waals surface area (Å²) in [6.07, 6.45) is -1.44. The van der Waals surface area contributed by atoms with E-state index in [-0.39, 0.29) is 11.3 Å². The summed E-state index contributed by atoms with van der Waals surface area (Å²) in [5.74, 6) is -2.31. The van der Waals surface area contributed by atoms with E-state index in [2.05, 4.69) is 0 Å². The molecule has 2 atom stereocenters. The number of Topliss-reactive ketones (excluding diaryl/α,β-unsaturated/α-hetero) is 1. The largest absolute Gasteiger partial charge is 0.497 e. The standard InChI is InChI=1S/C16H14O5/c1-20-11-6-4-5-10(9-11)16(19)15(18)14(17)12-7-2-3-8-13(12)21-16/h2-9,14,17,19H,1H3. The van der Waals surface area contributed by atoms with Gasteiger partial charge in [0.1, 0.15) is 17.6 Å². The molecule has 0 amide bonds. The Morgan fingerprint density at radius 1 is 1.19 bits per heavy atom. The average Bonchev–Trinajstić information content (AvgIpc) is 2.53. The molecule has 0 bridgehead atoms. The lowest BCUT2D eigenvalue weighted by Gasteiger charge is -2.35. The molecule has 0 aromatic heterocycles. The van der Waals surface area contributed by atoms with Gasteiger partial charge in [-0.05, 0) is 18.2 Å². The summed E-state index contributed by atoms with van der Waals surface area (Å²) in [4.78, 5) is 12.3. The first kappa shape index (κ1) is 13.6. The summed E-state index contributed by atoms with van der Waals surface area (Å²) in [7, 11) is 1.48. The van der Waals surface area contributed by atoms with Crippen molar-refractivity contribution in [1.82, 2.24) is 0 Å². The van der Waals surface area contributed by atoms with E-state index >= 15 is 0 Å². The molecule has 0 spiro atoms. The van der Waals surface area contributed by atoms with Gasteiger partial charge in [0, 0.05) is 11.1 Å². The molecule has 2 aromatic carbocycles. The van der Waals surface area contributed by atoms with Crippen LogP contribution in [0.3, 0.4) is 0 Å². The first-order valence-electron chi connectivity index (χ1n) is 6.43. The normalized spacial score (nSPS) is 24.1. The molecular weight excluding hydrogens is 272 g/mol. The Bertz CT molecular complexity index is 697. The van der Waals surface area contributed by atoms with E-state index in [4.69, 9.17) is 9.47 Å². The minimum absolute atomic E-state index is 0.209. The summed E-state index contributed by atoms with van der Waals surface area (Å²) in [6.45, 7) is 0. The highest BCUT2D eigenvalue weighted by Crippen LogP contribution is 2.41. The highest BCUT2D eigenvalue weighted by Gasteiger charge is 2.49. The highest BCUT2D eigenvalue weighted by atomic mass is 16.6. The van der Waals surface area contributed by atoms with Crippen LogP contribution in [0.2, 0.25) is 0 Å². The molecule has 0 saturated heterocycles. The van der Waals surface area contributed by atoms with Crippen molar-refractivity contribution >= 4 is 5.78 Å². The third-order valence-corrected chi connectivity index (χ3v) is 3.51. The number of para-hydroxylation sites is 1. The number of rotatable bonds is 2. The molecule has 0 fully saturated rings. The number of hydrogen-bond donors (Lipinski definition) is 2. The lowest BCUT2D eigenvalue weighted by Crippen LogP contribution is -2.47. The van der Waals surface area contributed by atoms with Crippen molar-refractivity contribution in [3.05, 3.63) is 59.7 Å². The van der Waals surface area contributed by atoms with Crippen molar-refractivity contribution in [2.75, 3.05) is 7.11 Å². The summed E-state index contributed by atoms with van der Waals surface area (Å²) in [5, 5.41) is 20.8. The molecule has 0 saturated carbocycles. The van der Waals surface area contributed by atoms with E-state index in [1.54, 1.807) is 42.5 Å². The molecule has 2 aromatic rings. The predicted octanol–water partition coefficient (Wildman–Crippen LogP) is 1.54. The van der Waals surface area contributed by atoms with Gasteiger partial charge in [-0.1, -0.05) is 30.3 Å². The smallest absolute Gasteiger partial charge is 0.298 e. The quantitative estimate of drug-likeness (QED) is 0.875. The number of benzene rings is 2. The van der Waals surface area contributed by atoms with E-state index in [1.165, 1.54) is 13.2 Å². The van der Waals surface area contributed by atoms with E-state index < -0.39 is 17.7 Å². The van der Waals surface area contributed by atoms with Gasteiger partial charge in [0.2, 0.25) is 5.78 Å². The first-order chi connectivity index (χ1) is 10.1. The van der Waals surface area contributed by atoms with E-state index in [0.717, 1.165) is 0 Å². The van der Waals surface area contributed by atoms with Crippen LogP contribution in [-0.4, -0.2) is 23.1 Å². The molecular formula is C16H14O5. The molecule has 1 heterocycles. The summed E-state index contributed by atoms with van der Waals surface area (Å²) in [5.41, 5.74) is 0.551. The number of methoxy groups -OCH3 is 1. The van der Waals surface area contributed by atoms with Crippen molar-refractivity contribution in [3.8, 4) is 11.5 Å². The lowest BCUT2D eigenvalue weighted by atomic mass is 9.90. The second-order valence-electron chi connectivity index (χ2n) is 4.78. The minimum atomic E-state index is -2.23. The first-order valence-corrected chi connectivity index (χ1v) is 6.43. The Hall–Kier alpha value is -2.37. The molecule has 21 heavy (non-hydrogen) atoms. The number of ether oxygens (including phenoxy) is 2. The van der Waals surface area contributed by atoms with Crippen LogP contribution < -0.4 is 9.47 Å². The van der Waals surface area contributed by atoms with E-state index in [0.29, 0.717) is 11.3 Å². The van der Waals surface area contributed by atoms with E-state index in [1.807, 2.05) is 0 Å². The van der Waals surface area contributed by atoms with Crippen LogP contribution in [0.5, 0.6) is 11.5 Å². The Balaban J connectivity index is 2.11. The van der Waals surface area contributed by atoms with Crippen molar-refractivity contribution in [2.45, 2.75) is 11.9 Å². The highest BCUT2D eigenvalue weighted by molar-refractivity contribution is 5.93. The van der Waals surface area contributed by atoms with Gasteiger partial charge in [-0.2, -0.15) is 0 Å². The minimum Gasteiger partial charge on any atom is -0.497 e. The van der Waals surface area contributed by atoms with Crippen molar-refractivity contribution < 1.29 is 24.5 Å². The van der Waals surface area contributed by atoms with Crippen molar-refractivity contribution in [3.63, 3.8) is 0 Å². The number of hydrogen-bond acceptors (Lipinski definition) is 5. The third-order valence-electron chi connectivity index (χ3n) is 3.51. The van der Waals surface area contributed by atoms with Crippen LogP contribution in [0.1, 0.15) is 17.2 Å². The SMILES string of the molecule is COc1cccc(C2(O)Oc3ccccc3C(O)C2=O)c1. The number of carbonyl (C=O) groups is 1. The fourth-order valence-electron chi connectivity index (χ4n) is 2.37. The van der Waals surface area contributed by atoms with Crippen LogP contribution in [0.25, 0.3) is 0 Å². The number of aliphatic hydroxyl groups excluding tert-OH is 1. The van der Waals surface area contributed by atoms with Crippen molar-refractivity contribution in [2.24, 2.45) is 0 Å². The fourth-order valence-corrected chi connectivity index (χ4v) is 2.37. The summed E-state index contributed by atoms with van der Waals surface area (Å²) < 4.78 is 10.6. The van der Waals surface area contributed by atoms with Gasteiger partial charge in [-0.15, -0.1) is 0 Å². The van der Waals surface area contributed by atoms with Crippen LogP contribution >= 0.6 is 0 Å². The topological polar surface area (TPSA) is 76.0 Å². The Morgan fingerprint density at radius 3 is 2.71 bits per heavy atom. The van der Waals surface area contributed by atoms with E-state index in [9.17, 15) is 15.0 Å². The van der Waals surface area contributed by atoms with Gasteiger partial charge in [0.15, 0.2) is 0 Å². The maximum atomic E-state index is 12.3.